The molecule has 1 N–H and O–H groups in total. The monoisotopic (exact) mass is 404 g/mol. The second-order valence-electron chi connectivity index (χ2n) is 7.92. The smallest absolute Gasteiger partial charge is 0.254 e. The van der Waals surface area contributed by atoms with Crippen molar-refractivity contribution in [2.75, 3.05) is 28.2 Å². The molecular formula is C22H24N6O2. The lowest BCUT2D eigenvalue weighted by Crippen LogP contribution is -2.23. The van der Waals surface area contributed by atoms with E-state index in [4.69, 9.17) is 0 Å². The molecule has 1 aromatic heterocycles. The second kappa shape index (κ2) is 7.70. The van der Waals surface area contributed by atoms with E-state index in [1.54, 1.807) is 38.0 Å². The van der Waals surface area contributed by atoms with Gasteiger partial charge in [-0.15, -0.1) is 10.2 Å². The Bertz CT molecular complexity index is 1120. The predicted octanol–water partition coefficient (Wildman–Crippen LogP) is 1.96. The summed E-state index contributed by atoms with van der Waals surface area (Å²) in [5, 5.41) is 14.5. The second-order valence-corrected chi connectivity index (χ2v) is 7.92. The van der Waals surface area contributed by atoms with Gasteiger partial charge in [-0.25, -0.2) is 0 Å². The molecule has 0 aliphatic heterocycles. The third kappa shape index (κ3) is 3.45. The summed E-state index contributed by atoms with van der Waals surface area (Å²) in [5.41, 5.74) is 6.52. The molecule has 8 heteroatoms. The molecule has 2 amide bonds. The standard InChI is InChI=1S/C22H24N6O2/c1-27(2)21(29)16-6-5-13-11-15-8-10-18(22(30)28(3)4)19(20-23-25-26-24-20)17(15)9-7-14(13)12-16/h5-6,8,10,12H,7,9,11H2,1-4H3,(H,23,24,25,26). The van der Waals surface area contributed by atoms with E-state index in [1.165, 1.54) is 5.56 Å². The highest BCUT2D eigenvalue weighted by Crippen LogP contribution is 2.34. The van der Waals surface area contributed by atoms with Crippen LogP contribution in [0.15, 0.2) is 30.3 Å². The summed E-state index contributed by atoms with van der Waals surface area (Å²) in [6.07, 6.45) is 2.21. The number of fused-ring (bicyclic) bond motifs is 2. The maximum absolute atomic E-state index is 12.8. The van der Waals surface area contributed by atoms with Crippen molar-refractivity contribution >= 4 is 11.8 Å². The molecule has 30 heavy (non-hydrogen) atoms. The van der Waals surface area contributed by atoms with E-state index in [9.17, 15) is 9.59 Å². The summed E-state index contributed by atoms with van der Waals surface area (Å²) in [5.74, 6) is 0.315. The van der Waals surface area contributed by atoms with Crippen LogP contribution in [0.4, 0.5) is 0 Å². The number of nitrogens with zero attached hydrogens (tertiary/aromatic N) is 5. The van der Waals surface area contributed by atoms with Crippen molar-refractivity contribution in [2.45, 2.75) is 19.3 Å². The van der Waals surface area contributed by atoms with Gasteiger partial charge in [0.05, 0.1) is 5.56 Å². The molecule has 1 aliphatic carbocycles. The molecule has 4 rings (SSSR count). The van der Waals surface area contributed by atoms with E-state index < -0.39 is 0 Å². The van der Waals surface area contributed by atoms with E-state index >= 15 is 0 Å². The first-order chi connectivity index (χ1) is 14.4. The SMILES string of the molecule is CN(C)C(=O)c1ccc2c(c1)CCc1c(ccc(C(=O)N(C)C)c1-c1nn[nH]n1)C2. The lowest BCUT2D eigenvalue weighted by molar-refractivity contribution is 0.0820. The molecule has 0 atom stereocenters. The van der Waals surface area contributed by atoms with Crippen molar-refractivity contribution in [1.29, 1.82) is 0 Å². The van der Waals surface area contributed by atoms with Gasteiger partial charge in [0.25, 0.3) is 11.8 Å². The van der Waals surface area contributed by atoms with Crippen LogP contribution < -0.4 is 0 Å². The van der Waals surface area contributed by atoms with E-state index in [-0.39, 0.29) is 11.8 Å². The van der Waals surface area contributed by atoms with E-state index in [1.807, 2.05) is 30.3 Å². The highest BCUT2D eigenvalue weighted by molar-refractivity contribution is 6.01. The van der Waals surface area contributed by atoms with Crippen LogP contribution in [0.5, 0.6) is 0 Å². The van der Waals surface area contributed by atoms with Crippen molar-refractivity contribution in [1.82, 2.24) is 30.4 Å². The molecule has 1 aliphatic rings. The third-order valence-electron chi connectivity index (χ3n) is 5.50. The number of carbonyl (C=O) groups is 2. The number of rotatable bonds is 3. The number of aromatic nitrogens is 4. The quantitative estimate of drug-likeness (QED) is 0.720. The van der Waals surface area contributed by atoms with E-state index in [2.05, 4.69) is 20.6 Å². The summed E-state index contributed by atoms with van der Waals surface area (Å²) in [6.45, 7) is 0. The number of benzene rings is 2. The van der Waals surface area contributed by atoms with Crippen LogP contribution in [-0.4, -0.2) is 70.4 Å². The maximum atomic E-state index is 12.8. The summed E-state index contributed by atoms with van der Waals surface area (Å²) in [4.78, 5) is 28.4. The molecule has 0 saturated heterocycles. The normalized spacial score (nSPS) is 12.5. The molecular weight excluding hydrogens is 380 g/mol. The first-order valence-corrected chi connectivity index (χ1v) is 9.80. The third-order valence-corrected chi connectivity index (χ3v) is 5.50. The maximum Gasteiger partial charge on any atom is 0.254 e. The van der Waals surface area contributed by atoms with Crippen molar-refractivity contribution in [3.05, 3.63) is 63.7 Å². The molecule has 0 bridgehead atoms. The van der Waals surface area contributed by atoms with Crippen LogP contribution in [0, 0.1) is 0 Å². The summed E-state index contributed by atoms with van der Waals surface area (Å²) in [7, 11) is 6.97. The minimum atomic E-state index is -0.0989. The fraction of sp³-hybridized carbons (Fsp3) is 0.318. The van der Waals surface area contributed by atoms with Crippen molar-refractivity contribution in [2.24, 2.45) is 0 Å². The van der Waals surface area contributed by atoms with Gasteiger partial charge in [0.2, 0.25) is 5.82 Å². The number of tetrazole rings is 1. The van der Waals surface area contributed by atoms with Gasteiger partial charge < -0.3 is 9.80 Å². The zero-order valence-corrected chi connectivity index (χ0v) is 17.6. The van der Waals surface area contributed by atoms with Gasteiger partial charge in [-0.05, 0) is 64.9 Å². The Kier molecular flexibility index (Phi) is 5.07. The molecule has 0 unspecified atom stereocenters. The van der Waals surface area contributed by atoms with Crippen LogP contribution >= 0.6 is 0 Å². The van der Waals surface area contributed by atoms with Crippen LogP contribution in [0.3, 0.4) is 0 Å². The summed E-state index contributed by atoms with van der Waals surface area (Å²) < 4.78 is 0. The fourth-order valence-corrected chi connectivity index (χ4v) is 3.97. The number of amides is 2. The number of nitrogens with one attached hydrogen (secondary N) is 1. The number of aromatic amines is 1. The lowest BCUT2D eigenvalue weighted by Gasteiger charge is -2.17. The van der Waals surface area contributed by atoms with Gasteiger partial charge in [0.15, 0.2) is 0 Å². The van der Waals surface area contributed by atoms with Crippen LogP contribution in [0.25, 0.3) is 11.4 Å². The molecule has 8 nitrogen and oxygen atoms in total. The number of H-pyrrole nitrogens is 1. The van der Waals surface area contributed by atoms with Crippen molar-refractivity contribution in [3.8, 4) is 11.4 Å². The largest absolute Gasteiger partial charge is 0.345 e. The van der Waals surface area contributed by atoms with Crippen molar-refractivity contribution in [3.63, 3.8) is 0 Å². The Balaban J connectivity index is 1.81. The molecule has 0 fully saturated rings. The van der Waals surface area contributed by atoms with Gasteiger partial charge in [0, 0.05) is 39.3 Å². The molecule has 0 radical (unpaired) electrons. The van der Waals surface area contributed by atoms with Gasteiger partial charge in [-0.2, -0.15) is 5.21 Å². The Hall–Kier alpha value is -3.55. The zero-order valence-electron chi connectivity index (χ0n) is 17.6. The first kappa shape index (κ1) is 19.8. The van der Waals surface area contributed by atoms with Gasteiger partial charge in [0.1, 0.15) is 0 Å². The Morgan fingerprint density at radius 3 is 2.30 bits per heavy atom. The molecule has 2 aromatic carbocycles. The molecule has 3 aromatic rings. The van der Waals surface area contributed by atoms with Crippen LogP contribution in [0.1, 0.15) is 43.0 Å². The number of carbonyl (C=O) groups excluding carboxylic acids is 2. The van der Waals surface area contributed by atoms with Crippen LogP contribution in [-0.2, 0) is 19.3 Å². The predicted molar refractivity (Wildman–Crippen MR) is 112 cm³/mol. The van der Waals surface area contributed by atoms with E-state index in [0.717, 1.165) is 41.5 Å². The molecule has 1 heterocycles. The summed E-state index contributed by atoms with van der Waals surface area (Å²) >= 11 is 0. The average molecular weight is 404 g/mol. The van der Waals surface area contributed by atoms with Crippen LogP contribution in [0.2, 0.25) is 0 Å². The highest BCUT2D eigenvalue weighted by Gasteiger charge is 2.25. The zero-order chi connectivity index (χ0) is 21.4. The fourth-order valence-electron chi connectivity index (χ4n) is 3.97. The highest BCUT2D eigenvalue weighted by atomic mass is 16.2. The lowest BCUT2D eigenvalue weighted by atomic mass is 9.91. The number of hydrogen-bond acceptors (Lipinski definition) is 5. The summed E-state index contributed by atoms with van der Waals surface area (Å²) in [6, 6.07) is 9.78. The van der Waals surface area contributed by atoms with Gasteiger partial charge >= 0.3 is 0 Å². The van der Waals surface area contributed by atoms with Crippen molar-refractivity contribution < 1.29 is 9.59 Å². The Morgan fingerprint density at radius 1 is 0.900 bits per heavy atom. The Morgan fingerprint density at radius 2 is 1.63 bits per heavy atom. The minimum absolute atomic E-state index is 0.00841. The minimum Gasteiger partial charge on any atom is -0.345 e. The Labute approximate surface area is 174 Å². The van der Waals surface area contributed by atoms with Gasteiger partial charge in [-0.1, -0.05) is 12.1 Å². The number of aryl methyl sites for hydroxylation is 1. The molecule has 154 valence electrons. The average Bonchev–Trinajstić information content (AvgIpc) is 3.19. The topological polar surface area (TPSA) is 95.1 Å². The first-order valence-electron chi connectivity index (χ1n) is 9.80. The molecule has 0 spiro atoms. The molecule has 0 saturated carbocycles. The number of hydrogen-bond donors (Lipinski definition) is 1. The van der Waals surface area contributed by atoms with E-state index in [0.29, 0.717) is 17.0 Å². The van der Waals surface area contributed by atoms with Gasteiger partial charge in [-0.3, -0.25) is 9.59 Å².